The molecule has 0 bridgehead atoms. The Kier molecular flexibility index (Phi) is 5.30. The number of anilines is 1. The largest absolute Gasteiger partial charge is 0.325 e. The number of carbonyl (C=O) groups is 2. The van der Waals surface area contributed by atoms with Gasteiger partial charge in [0, 0.05) is 31.9 Å². The normalized spacial score (nSPS) is 15.5. The van der Waals surface area contributed by atoms with Crippen LogP contribution >= 0.6 is 0 Å². The van der Waals surface area contributed by atoms with Crippen LogP contribution in [0.4, 0.5) is 10.5 Å². The van der Waals surface area contributed by atoms with Gasteiger partial charge in [-0.2, -0.15) is 0 Å². The number of urea groups is 1. The molecule has 1 aromatic carbocycles. The molecule has 6 nitrogen and oxygen atoms in total. The van der Waals surface area contributed by atoms with Crippen molar-refractivity contribution in [2.75, 3.05) is 38.0 Å². The van der Waals surface area contributed by atoms with Crippen LogP contribution in [-0.4, -0.2) is 49.6 Å². The third-order valence-corrected chi connectivity index (χ3v) is 3.59. The van der Waals surface area contributed by atoms with Gasteiger partial charge in [-0.05, 0) is 37.1 Å². The fourth-order valence-corrected chi connectivity index (χ4v) is 2.22. The van der Waals surface area contributed by atoms with E-state index in [-0.39, 0.29) is 12.5 Å². The number of amides is 3. The second kappa shape index (κ2) is 7.19. The van der Waals surface area contributed by atoms with E-state index in [0.29, 0.717) is 5.69 Å². The highest BCUT2D eigenvalue weighted by Gasteiger charge is 2.15. The van der Waals surface area contributed by atoms with Gasteiger partial charge in [0.15, 0.2) is 0 Å². The molecule has 1 aromatic rings. The van der Waals surface area contributed by atoms with Crippen molar-refractivity contribution < 1.29 is 9.59 Å². The minimum Gasteiger partial charge on any atom is -0.314 e. The Morgan fingerprint density at radius 3 is 2.57 bits per heavy atom. The molecule has 3 amide bonds. The zero-order chi connectivity index (χ0) is 15.2. The number of benzene rings is 1. The summed E-state index contributed by atoms with van der Waals surface area (Å²) in [5, 5.41) is 8.25. The van der Waals surface area contributed by atoms with E-state index in [9.17, 15) is 9.59 Å². The molecule has 0 spiro atoms. The minimum atomic E-state index is -0.488. The van der Waals surface area contributed by atoms with Crippen LogP contribution in [-0.2, 0) is 4.79 Å². The van der Waals surface area contributed by atoms with Gasteiger partial charge in [-0.25, -0.2) is 4.79 Å². The van der Waals surface area contributed by atoms with Crippen LogP contribution in [0.2, 0.25) is 0 Å². The van der Waals surface area contributed by atoms with Gasteiger partial charge in [0.1, 0.15) is 0 Å². The molecule has 1 aliphatic rings. The number of nitrogens with one attached hydrogen (secondary N) is 3. The lowest BCUT2D eigenvalue weighted by molar-refractivity contribution is -0.121. The quantitative estimate of drug-likeness (QED) is 0.772. The van der Waals surface area contributed by atoms with Gasteiger partial charge >= 0.3 is 6.03 Å². The smallest absolute Gasteiger partial charge is 0.314 e. The van der Waals surface area contributed by atoms with Crippen LogP contribution in [0.3, 0.4) is 0 Å². The van der Waals surface area contributed by atoms with Crippen molar-refractivity contribution in [1.82, 2.24) is 15.5 Å². The van der Waals surface area contributed by atoms with E-state index in [0.717, 1.165) is 37.3 Å². The van der Waals surface area contributed by atoms with Crippen molar-refractivity contribution in [1.29, 1.82) is 0 Å². The third kappa shape index (κ3) is 4.84. The molecule has 1 fully saturated rings. The summed E-state index contributed by atoms with van der Waals surface area (Å²) in [4.78, 5) is 25.6. The van der Waals surface area contributed by atoms with Crippen LogP contribution in [0.15, 0.2) is 18.2 Å². The van der Waals surface area contributed by atoms with Gasteiger partial charge < -0.3 is 10.6 Å². The molecule has 2 rings (SSSR count). The minimum absolute atomic E-state index is 0.252. The van der Waals surface area contributed by atoms with Crippen LogP contribution in [0, 0.1) is 13.8 Å². The number of imide groups is 1. The lowest BCUT2D eigenvalue weighted by Gasteiger charge is -2.26. The van der Waals surface area contributed by atoms with E-state index in [1.807, 2.05) is 36.9 Å². The SMILES string of the molecule is Cc1ccc(NC(=O)NC(=O)CN2CCNCC2)cc1C. The maximum atomic E-state index is 11.8. The molecule has 3 N–H and O–H groups in total. The molecular weight excluding hydrogens is 268 g/mol. The van der Waals surface area contributed by atoms with Gasteiger partial charge in [0.05, 0.1) is 6.54 Å². The molecule has 0 saturated carbocycles. The maximum Gasteiger partial charge on any atom is 0.325 e. The molecule has 1 aliphatic heterocycles. The molecule has 0 unspecified atom stereocenters. The van der Waals surface area contributed by atoms with Crippen molar-refractivity contribution in [2.24, 2.45) is 0 Å². The summed E-state index contributed by atoms with van der Waals surface area (Å²) in [6, 6.07) is 5.16. The Balaban J connectivity index is 1.80. The summed E-state index contributed by atoms with van der Waals surface area (Å²) < 4.78 is 0. The monoisotopic (exact) mass is 290 g/mol. The molecule has 114 valence electrons. The molecule has 1 heterocycles. The molecule has 6 heteroatoms. The van der Waals surface area contributed by atoms with Gasteiger partial charge in [-0.15, -0.1) is 0 Å². The summed E-state index contributed by atoms with van der Waals surface area (Å²) in [6.45, 7) is 7.65. The summed E-state index contributed by atoms with van der Waals surface area (Å²) >= 11 is 0. The van der Waals surface area contributed by atoms with Gasteiger partial charge in [0.2, 0.25) is 5.91 Å². The number of hydrogen-bond acceptors (Lipinski definition) is 4. The molecular formula is C15H22N4O2. The average Bonchev–Trinajstić information content (AvgIpc) is 2.43. The van der Waals surface area contributed by atoms with Crippen molar-refractivity contribution >= 4 is 17.6 Å². The number of rotatable bonds is 3. The third-order valence-electron chi connectivity index (χ3n) is 3.59. The van der Waals surface area contributed by atoms with Gasteiger partial charge in [-0.1, -0.05) is 6.07 Å². The van der Waals surface area contributed by atoms with Crippen molar-refractivity contribution in [2.45, 2.75) is 13.8 Å². The van der Waals surface area contributed by atoms with Crippen molar-refractivity contribution in [3.8, 4) is 0 Å². The standard InChI is InChI=1S/C15H22N4O2/c1-11-3-4-13(9-12(11)2)17-15(21)18-14(20)10-19-7-5-16-6-8-19/h3-4,9,16H,5-8,10H2,1-2H3,(H2,17,18,20,21). The lowest BCUT2D eigenvalue weighted by atomic mass is 10.1. The summed E-state index contributed by atoms with van der Waals surface area (Å²) in [5.41, 5.74) is 2.95. The van der Waals surface area contributed by atoms with Gasteiger partial charge in [-0.3, -0.25) is 15.0 Å². The molecule has 0 aromatic heterocycles. The Morgan fingerprint density at radius 1 is 1.19 bits per heavy atom. The fourth-order valence-electron chi connectivity index (χ4n) is 2.22. The molecule has 0 radical (unpaired) electrons. The maximum absolute atomic E-state index is 11.8. The first-order chi connectivity index (χ1) is 10.0. The first-order valence-corrected chi connectivity index (χ1v) is 7.16. The molecule has 0 aliphatic carbocycles. The van der Waals surface area contributed by atoms with E-state index in [1.165, 1.54) is 0 Å². The summed E-state index contributed by atoms with van der Waals surface area (Å²) in [6.07, 6.45) is 0. The summed E-state index contributed by atoms with van der Waals surface area (Å²) in [7, 11) is 0. The van der Waals surface area contributed by atoms with Crippen molar-refractivity contribution in [3.63, 3.8) is 0 Å². The highest BCUT2D eigenvalue weighted by atomic mass is 16.2. The van der Waals surface area contributed by atoms with Crippen LogP contribution in [0.25, 0.3) is 0 Å². The lowest BCUT2D eigenvalue weighted by Crippen LogP contribution is -2.48. The number of carbonyl (C=O) groups excluding carboxylic acids is 2. The number of aryl methyl sites for hydroxylation is 2. The van der Waals surface area contributed by atoms with E-state index < -0.39 is 6.03 Å². The van der Waals surface area contributed by atoms with E-state index in [2.05, 4.69) is 16.0 Å². The van der Waals surface area contributed by atoms with Crippen LogP contribution in [0.5, 0.6) is 0 Å². The highest BCUT2D eigenvalue weighted by molar-refractivity contribution is 6.01. The number of hydrogen-bond donors (Lipinski definition) is 3. The fraction of sp³-hybridized carbons (Fsp3) is 0.467. The van der Waals surface area contributed by atoms with Crippen LogP contribution in [0.1, 0.15) is 11.1 Å². The molecule has 1 saturated heterocycles. The van der Waals surface area contributed by atoms with E-state index >= 15 is 0 Å². The van der Waals surface area contributed by atoms with E-state index in [1.54, 1.807) is 0 Å². The Bertz CT molecular complexity index is 524. The topological polar surface area (TPSA) is 73.5 Å². The summed E-state index contributed by atoms with van der Waals surface area (Å²) in [5.74, 6) is -0.279. The zero-order valence-corrected chi connectivity index (χ0v) is 12.5. The Labute approximate surface area is 124 Å². The Morgan fingerprint density at radius 2 is 1.90 bits per heavy atom. The number of piperazine rings is 1. The first kappa shape index (κ1) is 15.5. The predicted octanol–water partition coefficient (Wildman–Crippen LogP) is 0.857. The molecule has 0 atom stereocenters. The average molecular weight is 290 g/mol. The predicted molar refractivity (Wildman–Crippen MR) is 82.4 cm³/mol. The molecule has 21 heavy (non-hydrogen) atoms. The van der Waals surface area contributed by atoms with E-state index in [4.69, 9.17) is 0 Å². The first-order valence-electron chi connectivity index (χ1n) is 7.16. The van der Waals surface area contributed by atoms with Crippen LogP contribution < -0.4 is 16.0 Å². The number of nitrogens with zero attached hydrogens (tertiary/aromatic N) is 1. The van der Waals surface area contributed by atoms with Gasteiger partial charge in [0.25, 0.3) is 0 Å². The van der Waals surface area contributed by atoms with Crippen molar-refractivity contribution in [3.05, 3.63) is 29.3 Å². The second-order valence-corrected chi connectivity index (χ2v) is 5.33. The zero-order valence-electron chi connectivity index (χ0n) is 12.5. The second-order valence-electron chi connectivity index (χ2n) is 5.33. The Hall–Kier alpha value is -1.92. The highest BCUT2D eigenvalue weighted by Crippen LogP contribution is 2.13.